The minimum absolute atomic E-state index is 0.0983. The maximum Gasteiger partial charge on any atom is 0.433 e. The van der Waals surface area contributed by atoms with E-state index in [1.807, 2.05) is 0 Å². The second kappa shape index (κ2) is 5.04. The highest BCUT2D eigenvalue weighted by molar-refractivity contribution is 7.14. The Morgan fingerprint density at radius 1 is 1.35 bits per heavy atom. The van der Waals surface area contributed by atoms with E-state index in [-0.39, 0.29) is 22.5 Å². The molecule has 2 heterocycles. The molecule has 106 valence electrons. The fraction of sp³-hybridized carbons (Fsp3) is 0.200. The zero-order valence-corrected chi connectivity index (χ0v) is 10.7. The molecule has 0 spiro atoms. The van der Waals surface area contributed by atoms with Gasteiger partial charge in [0.1, 0.15) is 5.69 Å². The van der Waals surface area contributed by atoms with Crippen LogP contribution in [0.2, 0.25) is 0 Å². The van der Waals surface area contributed by atoms with Crippen LogP contribution >= 0.6 is 11.3 Å². The van der Waals surface area contributed by atoms with Gasteiger partial charge in [0.05, 0.1) is 0 Å². The highest BCUT2D eigenvalue weighted by atomic mass is 32.1. The third kappa shape index (κ3) is 3.20. The molecule has 0 bridgehead atoms. The molecule has 0 fully saturated rings. The number of halogens is 3. The first-order chi connectivity index (χ1) is 9.25. The van der Waals surface area contributed by atoms with Crippen molar-refractivity contribution in [1.82, 2.24) is 15.0 Å². The molecule has 0 aliphatic heterocycles. The predicted molar refractivity (Wildman–Crippen MR) is 64.1 cm³/mol. The molecule has 0 unspecified atom stereocenters. The third-order valence-corrected chi connectivity index (χ3v) is 2.84. The Morgan fingerprint density at radius 2 is 2.05 bits per heavy atom. The number of carboxylic acid groups (broad SMARTS) is 1. The van der Waals surface area contributed by atoms with E-state index in [4.69, 9.17) is 5.11 Å². The van der Waals surface area contributed by atoms with E-state index in [1.54, 1.807) is 0 Å². The van der Waals surface area contributed by atoms with Gasteiger partial charge in [-0.05, 0) is 13.0 Å². The van der Waals surface area contributed by atoms with Crippen molar-refractivity contribution in [3.05, 3.63) is 28.5 Å². The molecule has 20 heavy (non-hydrogen) atoms. The smallest absolute Gasteiger partial charge is 0.433 e. The number of nitrogens with zero attached hydrogens (tertiary/aromatic N) is 3. The molecule has 10 heteroatoms. The lowest BCUT2D eigenvalue weighted by Crippen LogP contribution is -2.11. The summed E-state index contributed by atoms with van der Waals surface area (Å²) in [5, 5.41) is 12.5. The normalized spacial score (nSPS) is 11.4. The molecule has 0 amide bonds. The molecule has 0 saturated heterocycles. The van der Waals surface area contributed by atoms with Gasteiger partial charge >= 0.3 is 12.1 Å². The van der Waals surface area contributed by atoms with Gasteiger partial charge in [0.25, 0.3) is 0 Å². The Balaban J connectivity index is 2.28. The molecule has 2 aromatic heterocycles. The zero-order chi connectivity index (χ0) is 14.9. The van der Waals surface area contributed by atoms with Crippen molar-refractivity contribution in [3.63, 3.8) is 0 Å². The van der Waals surface area contributed by atoms with Gasteiger partial charge in [-0.3, -0.25) is 0 Å². The van der Waals surface area contributed by atoms with Crippen LogP contribution in [0.5, 0.6) is 0 Å². The average molecular weight is 304 g/mol. The van der Waals surface area contributed by atoms with E-state index in [2.05, 4.69) is 20.3 Å². The molecule has 6 nitrogen and oxygen atoms in total. The lowest BCUT2D eigenvalue weighted by Gasteiger charge is -2.08. The third-order valence-electron chi connectivity index (χ3n) is 2.09. The minimum atomic E-state index is -4.58. The Morgan fingerprint density at radius 3 is 2.60 bits per heavy atom. The number of anilines is 2. The van der Waals surface area contributed by atoms with Crippen LogP contribution < -0.4 is 5.32 Å². The largest absolute Gasteiger partial charge is 0.476 e. The molecule has 0 atom stereocenters. The summed E-state index contributed by atoms with van der Waals surface area (Å²) in [4.78, 5) is 21.4. The molecule has 0 aliphatic carbocycles. The summed E-state index contributed by atoms with van der Waals surface area (Å²) < 4.78 is 37.8. The standard InChI is InChI=1S/C10H7F3N4O2S/c1-4-2-6(10(11,12)13)16-8(14-4)17-9-15-5(3-20-9)7(18)19/h2-3H,1H3,(H,18,19)(H,14,15,16,17). The summed E-state index contributed by atoms with van der Waals surface area (Å²) in [6, 6.07) is 0.815. The molecule has 2 rings (SSSR count). The number of carbonyl (C=O) groups is 1. The summed E-state index contributed by atoms with van der Waals surface area (Å²) in [5.41, 5.74) is -1.16. The lowest BCUT2D eigenvalue weighted by molar-refractivity contribution is -0.141. The lowest BCUT2D eigenvalue weighted by atomic mass is 10.3. The summed E-state index contributed by atoms with van der Waals surface area (Å²) in [6.45, 7) is 1.40. The second-order valence-corrected chi connectivity index (χ2v) is 4.54. The number of aromatic nitrogens is 3. The number of aromatic carboxylic acids is 1. The number of carboxylic acids is 1. The van der Waals surface area contributed by atoms with E-state index in [1.165, 1.54) is 12.3 Å². The number of aryl methyl sites for hydroxylation is 1. The second-order valence-electron chi connectivity index (χ2n) is 3.68. The van der Waals surface area contributed by atoms with Gasteiger partial charge in [0.15, 0.2) is 10.8 Å². The van der Waals surface area contributed by atoms with Crippen LogP contribution in [0, 0.1) is 6.92 Å². The SMILES string of the molecule is Cc1cc(C(F)(F)F)nc(Nc2nc(C(=O)O)cs2)n1. The number of rotatable bonds is 3. The Bertz CT molecular complexity index is 656. The molecule has 0 radical (unpaired) electrons. The first-order valence-corrected chi connectivity index (χ1v) is 6.02. The summed E-state index contributed by atoms with van der Waals surface area (Å²) in [7, 11) is 0. The first kappa shape index (κ1) is 14.2. The molecular formula is C10H7F3N4O2S. The maximum absolute atomic E-state index is 12.6. The highest BCUT2D eigenvalue weighted by Crippen LogP contribution is 2.29. The van der Waals surface area contributed by atoms with Crippen molar-refractivity contribution in [2.24, 2.45) is 0 Å². The number of thiazole rings is 1. The topological polar surface area (TPSA) is 88.0 Å². The van der Waals surface area contributed by atoms with Gasteiger partial charge < -0.3 is 10.4 Å². The maximum atomic E-state index is 12.6. The van der Waals surface area contributed by atoms with Crippen molar-refractivity contribution in [3.8, 4) is 0 Å². The molecule has 2 N–H and O–H groups in total. The predicted octanol–water partition coefficient (Wildman–Crippen LogP) is 2.70. The van der Waals surface area contributed by atoms with Crippen molar-refractivity contribution in [1.29, 1.82) is 0 Å². The van der Waals surface area contributed by atoms with Crippen LogP contribution in [-0.4, -0.2) is 26.0 Å². The van der Waals surface area contributed by atoms with Crippen LogP contribution in [0.25, 0.3) is 0 Å². The molecule has 0 saturated carbocycles. The van der Waals surface area contributed by atoms with Crippen molar-refractivity contribution < 1.29 is 23.1 Å². The monoisotopic (exact) mass is 304 g/mol. The van der Waals surface area contributed by atoms with Gasteiger partial charge in [-0.25, -0.2) is 19.7 Å². The van der Waals surface area contributed by atoms with E-state index in [9.17, 15) is 18.0 Å². The van der Waals surface area contributed by atoms with Crippen molar-refractivity contribution in [2.45, 2.75) is 13.1 Å². The fourth-order valence-electron chi connectivity index (χ4n) is 1.29. The number of alkyl halides is 3. The molecule has 0 aliphatic rings. The van der Waals surface area contributed by atoms with Crippen molar-refractivity contribution in [2.75, 3.05) is 5.32 Å². The minimum Gasteiger partial charge on any atom is -0.476 e. The van der Waals surface area contributed by atoms with Gasteiger partial charge in [0, 0.05) is 11.1 Å². The number of hydrogen-bond acceptors (Lipinski definition) is 6. The van der Waals surface area contributed by atoms with Crippen LogP contribution in [0.1, 0.15) is 21.9 Å². The quantitative estimate of drug-likeness (QED) is 0.906. The molecular weight excluding hydrogens is 297 g/mol. The summed E-state index contributed by atoms with van der Waals surface area (Å²) in [6.07, 6.45) is -4.58. The van der Waals surface area contributed by atoms with Gasteiger partial charge in [0.2, 0.25) is 5.95 Å². The van der Waals surface area contributed by atoms with E-state index >= 15 is 0 Å². The highest BCUT2D eigenvalue weighted by Gasteiger charge is 2.33. The van der Waals surface area contributed by atoms with Crippen molar-refractivity contribution >= 4 is 28.4 Å². The van der Waals surface area contributed by atoms with Gasteiger partial charge in [-0.1, -0.05) is 0 Å². The Kier molecular flexibility index (Phi) is 3.57. The number of nitrogens with one attached hydrogen (secondary N) is 1. The van der Waals surface area contributed by atoms with E-state index < -0.39 is 17.8 Å². The zero-order valence-electron chi connectivity index (χ0n) is 9.89. The van der Waals surface area contributed by atoms with Crippen LogP contribution in [0.4, 0.5) is 24.3 Å². The van der Waals surface area contributed by atoms with Crippen LogP contribution in [-0.2, 0) is 6.18 Å². The van der Waals surface area contributed by atoms with Gasteiger partial charge in [-0.15, -0.1) is 11.3 Å². The summed E-state index contributed by atoms with van der Waals surface area (Å²) >= 11 is 0.928. The van der Waals surface area contributed by atoms with Crippen LogP contribution in [0.3, 0.4) is 0 Å². The summed E-state index contributed by atoms with van der Waals surface area (Å²) in [5.74, 6) is -1.51. The van der Waals surface area contributed by atoms with Gasteiger partial charge in [-0.2, -0.15) is 13.2 Å². The molecule has 2 aromatic rings. The number of hydrogen-bond donors (Lipinski definition) is 2. The Labute approximate surface area is 114 Å². The van der Waals surface area contributed by atoms with E-state index in [0.29, 0.717) is 0 Å². The average Bonchev–Trinajstić information content (AvgIpc) is 2.75. The first-order valence-electron chi connectivity index (χ1n) is 5.14. The van der Waals surface area contributed by atoms with E-state index in [0.717, 1.165) is 17.4 Å². The molecule has 0 aromatic carbocycles. The Hall–Kier alpha value is -2.23. The fourth-order valence-corrected chi connectivity index (χ4v) is 1.97. The van der Waals surface area contributed by atoms with Crippen LogP contribution in [0.15, 0.2) is 11.4 Å².